The van der Waals surface area contributed by atoms with Crippen molar-refractivity contribution in [1.82, 2.24) is 13.7 Å². The molecule has 0 N–H and O–H groups in total. The summed E-state index contributed by atoms with van der Waals surface area (Å²) < 4.78 is 7.25. The monoisotopic (exact) mass is 1100 g/mol. The number of hydrogen-bond acceptors (Lipinski definition) is 1. The molecule has 3 heterocycles. The molecule has 404 valence electrons. The second-order valence-corrected chi connectivity index (χ2v) is 22.0. The van der Waals surface area contributed by atoms with Crippen molar-refractivity contribution in [2.45, 2.75) is 0 Å². The lowest BCUT2D eigenvalue weighted by Gasteiger charge is -2.26. The zero-order valence-electron chi connectivity index (χ0n) is 47.1. The minimum absolute atomic E-state index is 1.06. The average molecular weight is 1100 g/mol. The maximum atomic E-state index is 2.43. The molecule has 0 fully saturated rings. The Hall–Kier alpha value is -11.5. The summed E-state index contributed by atoms with van der Waals surface area (Å²) in [4.78, 5) is 2.41. The van der Waals surface area contributed by atoms with Crippen LogP contribution in [0.15, 0.2) is 340 Å². The van der Waals surface area contributed by atoms with Crippen LogP contribution in [0.3, 0.4) is 0 Å². The molecule has 0 radical (unpaired) electrons. The third-order valence-corrected chi connectivity index (χ3v) is 17.0. The highest BCUT2D eigenvalue weighted by Crippen LogP contribution is 2.47. The van der Waals surface area contributed by atoms with Crippen molar-refractivity contribution in [1.29, 1.82) is 0 Å². The second kappa shape index (κ2) is 21.4. The summed E-state index contributed by atoms with van der Waals surface area (Å²) >= 11 is 0. The first-order chi connectivity index (χ1) is 42.7. The smallest absolute Gasteiger partial charge is 0.0619 e. The summed E-state index contributed by atoms with van der Waals surface area (Å²) in [7, 11) is 0. The molecule has 0 amide bonds. The number of anilines is 3. The molecular formula is C82H56N4. The van der Waals surface area contributed by atoms with Crippen molar-refractivity contribution in [2.24, 2.45) is 0 Å². The van der Waals surface area contributed by atoms with E-state index in [0.717, 1.165) is 72.9 Å². The Morgan fingerprint density at radius 3 is 0.930 bits per heavy atom. The molecule has 16 rings (SSSR count). The van der Waals surface area contributed by atoms with Crippen molar-refractivity contribution in [3.8, 4) is 84.1 Å². The molecule has 0 aliphatic carbocycles. The van der Waals surface area contributed by atoms with Gasteiger partial charge in [0, 0.05) is 66.8 Å². The first-order valence-electron chi connectivity index (χ1n) is 29.5. The quantitative estimate of drug-likeness (QED) is 0.119. The number of rotatable bonds is 12. The summed E-state index contributed by atoms with van der Waals surface area (Å²) in [5.41, 5.74) is 25.3. The van der Waals surface area contributed by atoms with Crippen LogP contribution in [0.25, 0.3) is 128 Å². The summed E-state index contributed by atoms with van der Waals surface area (Å²) in [6.07, 6.45) is 0. The SMILES string of the molecule is c1ccc(-c2c(-c3ccccc3)n(-c3ccccc3)c3ccc(-c4ccc(N(c5ccc(-c6ccc7c(c6)c(-c6ccccc6)c(-c6ccccc6)n7-c6ccccc6)cc5)c5ccc6c(c5)c5ccccc5n6-c5ccccc5)cc4)cc23)cc1. The Morgan fingerprint density at radius 1 is 0.186 bits per heavy atom. The van der Waals surface area contributed by atoms with Crippen LogP contribution < -0.4 is 4.90 Å². The summed E-state index contributed by atoms with van der Waals surface area (Å²) in [5.74, 6) is 0. The molecule has 0 atom stereocenters. The Labute approximate surface area is 500 Å². The van der Waals surface area contributed by atoms with Gasteiger partial charge in [-0.05, 0) is 154 Å². The van der Waals surface area contributed by atoms with Gasteiger partial charge in [0.1, 0.15) is 0 Å². The maximum absolute atomic E-state index is 2.43. The van der Waals surface area contributed by atoms with E-state index in [0.29, 0.717) is 0 Å². The van der Waals surface area contributed by atoms with Crippen molar-refractivity contribution in [3.05, 3.63) is 340 Å². The highest BCUT2D eigenvalue weighted by molar-refractivity contribution is 6.12. The van der Waals surface area contributed by atoms with E-state index in [9.17, 15) is 0 Å². The molecule has 0 saturated heterocycles. The number of para-hydroxylation sites is 4. The van der Waals surface area contributed by atoms with E-state index in [1.165, 1.54) is 71.8 Å². The Kier molecular flexibility index (Phi) is 12.5. The lowest BCUT2D eigenvalue weighted by atomic mass is 9.96. The number of nitrogens with zero attached hydrogens (tertiary/aromatic N) is 4. The molecule has 0 spiro atoms. The number of aromatic nitrogens is 3. The first kappa shape index (κ1) is 50.3. The lowest BCUT2D eigenvalue weighted by Crippen LogP contribution is -2.10. The van der Waals surface area contributed by atoms with E-state index in [2.05, 4.69) is 358 Å². The molecule has 13 aromatic carbocycles. The molecule has 86 heavy (non-hydrogen) atoms. The van der Waals surface area contributed by atoms with Crippen LogP contribution in [0.4, 0.5) is 17.1 Å². The third-order valence-electron chi connectivity index (χ3n) is 17.0. The molecule has 4 heteroatoms. The summed E-state index contributed by atoms with van der Waals surface area (Å²) in [6, 6.07) is 124. The van der Waals surface area contributed by atoms with Crippen LogP contribution in [-0.2, 0) is 0 Å². The number of benzene rings is 13. The molecule has 16 aromatic rings. The van der Waals surface area contributed by atoms with Gasteiger partial charge in [-0.2, -0.15) is 0 Å². The van der Waals surface area contributed by atoms with Crippen molar-refractivity contribution < 1.29 is 0 Å². The molecule has 3 aromatic heterocycles. The highest BCUT2D eigenvalue weighted by Gasteiger charge is 2.25. The maximum Gasteiger partial charge on any atom is 0.0619 e. The van der Waals surface area contributed by atoms with Crippen LogP contribution >= 0.6 is 0 Å². The second-order valence-electron chi connectivity index (χ2n) is 22.0. The van der Waals surface area contributed by atoms with Gasteiger partial charge in [-0.25, -0.2) is 0 Å². The van der Waals surface area contributed by atoms with Crippen LogP contribution in [-0.4, -0.2) is 13.7 Å². The molecule has 0 aliphatic heterocycles. The molecule has 0 unspecified atom stereocenters. The first-order valence-corrected chi connectivity index (χ1v) is 29.5. The zero-order valence-corrected chi connectivity index (χ0v) is 47.1. The van der Waals surface area contributed by atoms with Crippen molar-refractivity contribution in [3.63, 3.8) is 0 Å². The fraction of sp³-hybridized carbons (Fsp3) is 0. The zero-order chi connectivity index (χ0) is 56.9. The van der Waals surface area contributed by atoms with E-state index in [4.69, 9.17) is 0 Å². The average Bonchev–Trinajstić information content (AvgIpc) is 1.81. The molecule has 0 saturated carbocycles. The fourth-order valence-corrected chi connectivity index (χ4v) is 13.2. The molecule has 0 bridgehead atoms. The van der Waals surface area contributed by atoms with Gasteiger partial charge in [-0.1, -0.05) is 231 Å². The van der Waals surface area contributed by atoms with Crippen molar-refractivity contribution >= 4 is 60.7 Å². The van der Waals surface area contributed by atoms with E-state index in [1.54, 1.807) is 0 Å². The summed E-state index contributed by atoms with van der Waals surface area (Å²) in [6.45, 7) is 0. The highest BCUT2D eigenvalue weighted by atomic mass is 15.1. The van der Waals surface area contributed by atoms with Gasteiger partial charge < -0.3 is 18.6 Å². The molecule has 0 aliphatic rings. The lowest BCUT2D eigenvalue weighted by molar-refractivity contribution is 1.13. The van der Waals surface area contributed by atoms with E-state index in [1.807, 2.05) is 0 Å². The third kappa shape index (κ3) is 8.70. The van der Waals surface area contributed by atoms with Gasteiger partial charge in [0.05, 0.1) is 33.5 Å². The van der Waals surface area contributed by atoms with Crippen LogP contribution in [0, 0.1) is 0 Å². The standard InChI is InChI=1S/C82H56N4/c1-8-24-59(25-9-1)79-73-54-63(44-51-77(73)85(66-34-18-6-19-35-66)81(79)61-28-12-3-13-29-61)57-40-46-68(47-41-57)83(70-50-53-76-72(56-70)71-38-22-23-39-75(71)84(76)65-32-16-5-17-33-65)69-48-42-58(43-49-69)64-45-52-78-74(55-64)80(60-26-10-2-11-27-60)82(62-30-14-4-15-31-62)86(78)67-36-20-7-21-37-67/h1-56H. The van der Waals surface area contributed by atoms with E-state index >= 15 is 0 Å². The van der Waals surface area contributed by atoms with Gasteiger partial charge in [0.25, 0.3) is 0 Å². The topological polar surface area (TPSA) is 18.0 Å². The van der Waals surface area contributed by atoms with Crippen molar-refractivity contribution in [2.75, 3.05) is 4.90 Å². The van der Waals surface area contributed by atoms with Gasteiger partial charge >= 0.3 is 0 Å². The molecular weight excluding hydrogens is 1040 g/mol. The van der Waals surface area contributed by atoms with Gasteiger partial charge in [-0.15, -0.1) is 0 Å². The molecule has 4 nitrogen and oxygen atoms in total. The Morgan fingerprint density at radius 2 is 0.500 bits per heavy atom. The number of fused-ring (bicyclic) bond motifs is 5. The Balaban J connectivity index is 0.841. The fourth-order valence-electron chi connectivity index (χ4n) is 13.2. The van der Waals surface area contributed by atoms with Crippen LogP contribution in [0.2, 0.25) is 0 Å². The number of hydrogen-bond donors (Lipinski definition) is 0. The van der Waals surface area contributed by atoms with Gasteiger partial charge in [-0.3, -0.25) is 0 Å². The van der Waals surface area contributed by atoms with Crippen LogP contribution in [0.5, 0.6) is 0 Å². The van der Waals surface area contributed by atoms with Gasteiger partial charge in [0.15, 0.2) is 0 Å². The largest absolute Gasteiger partial charge is 0.310 e. The predicted octanol–water partition coefficient (Wildman–Crippen LogP) is 22.1. The van der Waals surface area contributed by atoms with E-state index in [-0.39, 0.29) is 0 Å². The minimum Gasteiger partial charge on any atom is -0.310 e. The summed E-state index contributed by atoms with van der Waals surface area (Å²) in [5, 5.41) is 4.80. The van der Waals surface area contributed by atoms with Gasteiger partial charge in [0.2, 0.25) is 0 Å². The Bertz CT molecular complexity index is 4840. The van der Waals surface area contributed by atoms with Crippen LogP contribution in [0.1, 0.15) is 0 Å². The van der Waals surface area contributed by atoms with E-state index < -0.39 is 0 Å². The minimum atomic E-state index is 1.06. The predicted molar refractivity (Wildman–Crippen MR) is 362 cm³/mol. The normalized spacial score (nSPS) is 11.5.